The summed E-state index contributed by atoms with van der Waals surface area (Å²) in [6.07, 6.45) is 0. The maximum atomic E-state index is 6.63. The van der Waals surface area contributed by atoms with Gasteiger partial charge in [0.05, 0.1) is 5.39 Å². The summed E-state index contributed by atoms with van der Waals surface area (Å²) >= 11 is 0. The standard InChI is InChI=1S/C58H39NO2/c1-3-10-40(11-4-1)42-20-22-43(23-21-42)46-30-36-51(37-31-46)59(50-34-28-45(29-35-50)41-12-5-2-6-13-41)52-38-32-47(33-39-52)44-24-26-48(27-25-44)53-16-9-19-56-58(53)61-55-18-8-15-49-14-7-17-54(60-56)57(49)55/h1-39H. The van der Waals surface area contributed by atoms with Gasteiger partial charge in [-0.15, -0.1) is 0 Å². The lowest BCUT2D eigenvalue weighted by Gasteiger charge is -2.26. The van der Waals surface area contributed by atoms with Crippen LogP contribution in [0.3, 0.4) is 0 Å². The van der Waals surface area contributed by atoms with Crippen LogP contribution in [0, 0.1) is 0 Å². The number of fused-ring (bicyclic) bond motifs is 1. The van der Waals surface area contributed by atoms with E-state index in [1.165, 1.54) is 33.4 Å². The molecule has 0 saturated heterocycles. The van der Waals surface area contributed by atoms with Gasteiger partial charge in [0.1, 0.15) is 11.5 Å². The van der Waals surface area contributed by atoms with Crippen molar-refractivity contribution >= 4 is 27.8 Å². The van der Waals surface area contributed by atoms with E-state index >= 15 is 0 Å². The van der Waals surface area contributed by atoms with Crippen molar-refractivity contribution in [2.24, 2.45) is 0 Å². The predicted octanol–water partition coefficient (Wildman–Crippen LogP) is 16.5. The van der Waals surface area contributed by atoms with E-state index in [4.69, 9.17) is 9.47 Å². The van der Waals surface area contributed by atoms with Crippen LogP contribution in [0.2, 0.25) is 0 Å². The first-order valence-electron chi connectivity index (χ1n) is 20.6. The smallest absolute Gasteiger partial charge is 0.177 e. The van der Waals surface area contributed by atoms with Gasteiger partial charge in [0.2, 0.25) is 0 Å². The monoisotopic (exact) mass is 781 g/mol. The number of para-hydroxylation sites is 1. The molecule has 3 nitrogen and oxygen atoms in total. The highest BCUT2D eigenvalue weighted by molar-refractivity contribution is 5.95. The molecule has 61 heavy (non-hydrogen) atoms. The van der Waals surface area contributed by atoms with Crippen molar-refractivity contribution in [3.8, 4) is 78.6 Å². The molecular formula is C58H39NO2. The minimum Gasteiger partial charge on any atom is -0.453 e. The fourth-order valence-corrected chi connectivity index (χ4v) is 8.42. The summed E-state index contributed by atoms with van der Waals surface area (Å²) in [5.41, 5.74) is 14.7. The second-order valence-corrected chi connectivity index (χ2v) is 15.3. The molecule has 0 atom stereocenters. The summed E-state index contributed by atoms with van der Waals surface area (Å²) in [4.78, 5) is 2.33. The van der Waals surface area contributed by atoms with Crippen LogP contribution in [-0.4, -0.2) is 0 Å². The van der Waals surface area contributed by atoms with Gasteiger partial charge in [-0.25, -0.2) is 0 Å². The summed E-state index contributed by atoms with van der Waals surface area (Å²) in [6, 6.07) is 83.4. The Balaban J connectivity index is 0.888. The third-order valence-corrected chi connectivity index (χ3v) is 11.6. The van der Waals surface area contributed by atoms with Crippen molar-refractivity contribution in [2.45, 2.75) is 0 Å². The van der Waals surface area contributed by atoms with Crippen LogP contribution in [0.25, 0.3) is 66.4 Å². The number of nitrogens with zero attached hydrogens (tertiary/aromatic N) is 1. The van der Waals surface area contributed by atoms with Crippen LogP contribution in [0.5, 0.6) is 23.0 Å². The van der Waals surface area contributed by atoms with Gasteiger partial charge in [-0.05, 0) is 110 Å². The average molecular weight is 782 g/mol. The Kier molecular flexibility index (Phi) is 9.18. The highest BCUT2D eigenvalue weighted by Gasteiger charge is 2.22. The van der Waals surface area contributed by atoms with Gasteiger partial charge in [0, 0.05) is 22.6 Å². The second kappa shape index (κ2) is 15.6. The first-order valence-corrected chi connectivity index (χ1v) is 20.6. The fraction of sp³-hybridized carbons (Fsp3) is 0. The molecule has 288 valence electrons. The zero-order valence-electron chi connectivity index (χ0n) is 33.3. The zero-order chi connectivity index (χ0) is 40.5. The van der Waals surface area contributed by atoms with Crippen molar-refractivity contribution in [3.05, 3.63) is 237 Å². The summed E-state index contributed by atoms with van der Waals surface area (Å²) in [5, 5.41) is 2.07. The molecule has 0 fully saturated rings. The van der Waals surface area contributed by atoms with Gasteiger partial charge >= 0.3 is 0 Å². The lowest BCUT2D eigenvalue weighted by molar-refractivity contribution is 0.440. The average Bonchev–Trinajstić information content (AvgIpc) is 3.51. The van der Waals surface area contributed by atoms with E-state index in [0.29, 0.717) is 11.5 Å². The Morgan fingerprint density at radius 3 is 1.03 bits per heavy atom. The Bertz CT molecular complexity index is 3120. The number of hydrogen-bond donors (Lipinski definition) is 0. The molecule has 1 aliphatic heterocycles. The van der Waals surface area contributed by atoms with E-state index in [9.17, 15) is 0 Å². The fourth-order valence-electron chi connectivity index (χ4n) is 8.42. The highest BCUT2D eigenvalue weighted by Crippen LogP contribution is 2.49. The molecule has 3 heteroatoms. The van der Waals surface area contributed by atoms with E-state index in [-0.39, 0.29) is 0 Å². The van der Waals surface area contributed by atoms with Gasteiger partial charge in [0.15, 0.2) is 11.5 Å². The first-order chi connectivity index (χ1) is 30.2. The van der Waals surface area contributed by atoms with E-state index in [2.05, 4.69) is 205 Å². The van der Waals surface area contributed by atoms with E-state index < -0.39 is 0 Å². The SMILES string of the molecule is c1ccc(-c2ccc(-c3ccc(N(c4ccc(-c5ccccc5)cc4)c4ccc(-c5ccc(-c6cccc7c6Oc6cccc8cccc(c68)O7)cc5)cc4)cc3)cc2)cc1. The molecule has 0 spiro atoms. The Morgan fingerprint density at radius 1 is 0.246 bits per heavy atom. The number of hydrogen-bond acceptors (Lipinski definition) is 3. The van der Waals surface area contributed by atoms with Crippen molar-refractivity contribution < 1.29 is 9.47 Å². The lowest BCUT2D eigenvalue weighted by Crippen LogP contribution is -2.09. The summed E-state index contributed by atoms with van der Waals surface area (Å²) in [7, 11) is 0. The van der Waals surface area contributed by atoms with Crippen molar-refractivity contribution in [1.29, 1.82) is 0 Å². The van der Waals surface area contributed by atoms with E-state index in [1.807, 2.05) is 36.4 Å². The second-order valence-electron chi connectivity index (χ2n) is 15.3. The Labute approximate surface area is 356 Å². The molecule has 0 N–H and O–H groups in total. The minimum atomic E-state index is 0.701. The predicted molar refractivity (Wildman–Crippen MR) is 252 cm³/mol. The van der Waals surface area contributed by atoms with Crippen LogP contribution in [0.15, 0.2) is 237 Å². The van der Waals surface area contributed by atoms with Gasteiger partial charge in [-0.3, -0.25) is 0 Å². The number of benzene rings is 10. The molecule has 0 radical (unpaired) electrons. The lowest BCUT2D eigenvalue weighted by atomic mass is 9.99. The third kappa shape index (κ3) is 6.98. The van der Waals surface area contributed by atoms with Crippen LogP contribution in [-0.2, 0) is 0 Å². The van der Waals surface area contributed by atoms with E-state index in [1.54, 1.807) is 0 Å². The van der Waals surface area contributed by atoms with Gasteiger partial charge < -0.3 is 14.4 Å². The van der Waals surface area contributed by atoms with Crippen LogP contribution >= 0.6 is 0 Å². The molecule has 0 saturated carbocycles. The molecule has 0 bridgehead atoms. The maximum absolute atomic E-state index is 6.63. The molecule has 10 aromatic carbocycles. The van der Waals surface area contributed by atoms with Crippen LogP contribution < -0.4 is 14.4 Å². The van der Waals surface area contributed by atoms with Crippen LogP contribution in [0.1, 0.15) is 0 Å². The molecule has 11 rings (SSSR count). The molecule has 10 aromatic rings. The largest absolute Gasteiger partial charge is 0.453 e. The molecule has 1 heterocycles. The number of rotatable bonds is 8. The highest BCUT2D eigenvalue weighted by atomic mass is 16.5. The van der Waals surface area contributed by atoms with Crippen LogP contribution in [0.4, 0.5) is 17.1 Å². The molecule has 0 aromatic heterocycles. The molecule has 0 unspecified atom stereocenters. The molecule has 1 aliphatic rings. The van der Waals surface area contributed by atoms with Gasteiger partial charge in [0.25, 0.3) is 0 Å². The Hall–Kier alpha value is -8.14. The van der Waals surface area contributed by atoms with Crippen molar-refractivity contribution in [3.63, 3.8) is 0 Å². The molecule has 0 amide bonds. The normalized spacial score (nSPS) is 11.5. The van der Waals surface area contributed by atoms with E-state index in [0.717, 1.165) is 61.6 Å². The van der Waals surface area contributed by atoms with Gasteiger partial charge in [-0.2, -0.15) is 0 Å². The topological polar surface area (TPSA) is 21.7 Å². The Morgan fingerprint density at radius 2 is 0.590 bits per heavy atom. The summed E-state index contributed by atoms with van der Waals surface area (Å²) in [5.74, 6) is 3.01. The van der Waals surface area contributed by atoms with Crippen molar-refractivity contribution in [2.75, 3.05) is 4.90 Å². The maximum Gasteiger partial charge on any atom is 0.177 e. The first kappa shape index (κ1) is 36.0. The number of anilines is 3. The quantitative estimate of drug-likeness (QED) is 0.153. The molecular weight excluding hydrogens is 743 g/mol. The minimum absolute atomic E-state index is 0.701. The zero-order valence-corrected chi connectivity index (χ0v) is 33.3. The van der Waals surface area contributed by atoms with Crippen molar-refractivity contribution in [1.82, 2.24) is 0 Å². The summed E-state index contributed by atoms with van der Waals surface area (Å²) in [6.45, 7) is 0. The summed E-state index contributed by atoms with van der Waals surface area (Å²) < 4.78 is 13.1. The number of ether oxygens (including phenoxy) is 2. The molecule has 0 aliphatic carbocycles. The third-order valence-electron chi connectivity index (χ3n) is 11.6. The van der Waals surface area contributed by atoms with Gasteiger partial charge in [-0.1, -0.05) is 182 Å².